The van der Waals surface area contributed by atoms with Gasteiger partial charge in [-0.3, -0.25) is 9.69 Å². The van der Waals surface area contributed by atoms with Crippen molar-refractivity contribution in [3.63, 3.8) is 0 Å². The summed E-state index contributed by atoms with van der Waals surface area (Å²) in [4.78, 5) is 19.5. The number of hydrogen-bond acceptors (Lipinski definition) is 4. The van der Waals surface area contributed by atoms with Gasteiger partial charge in [-0.25, -0.2) is 4.98 Å². The van der Waals surface area contributed by atoms with Gasteiger partial charge in [0.25, 0.3) is 0 Å². The number of amides is 1. The van der Waals surface area contributed by atoms with Crippen LogP contribution in [0.5, 0.6) is 0 Å². The number of hydrogen-bond donors (Lipinski definition) is 1. The first-order chi connectivity index (χ1) is 12.1. The van der Waals surface area contributed by atoms with Crippen LogP contribution >= 0.6 is 0 Å². The molecule has 2 unspecified atom stereocenters. The third kappa shape index (κ3) is 4.08. The number of nitrogens with zero attached hydrogens (tertiary/aromatic N) is 3. The fourth-order valence-electron chi connectivity index (χ4n) is 3.20. The Balaban J connectivity index is 1.82. The molecule has 1 fully saturated rings. The number of aryl methyl sites for hydroxylation is 2. The number of rotatable bonds is 5. The van der Waals surface area contributed by atoms with Crippen molar-refractivity contribution in [3.8, 4) is 0 Å². The molecule has 1 aromatic heterocycles. The molecular formula is C19H26N4O2. The van der Waals surface area contributed by atoms with Gasteiger partial charge in [-0.05, 0) is 19.4 Å². The summed E-state index contributed by atoms with van der Waals surface area (Å²) in [6.45, 7) is 6.93. The van der Waals surface area contributed by atoms with E-state index in [1.54, 1.807) is 6.20 Å². The zero-order valence-electron chi connectivity index (χ0n) is 15.1. The van der Waals surface area contributed by atoms with Gasteiger partial charge in [-0.15, -0.1) is 0 Å². The highest BCUT2D eigenvalue weighted by Crippen LogP contribution is 2.22. The number of ether oxygens (including phenoxy) is 1. The van der Waals surface area contributed by atoms with Gasteiger partial charge in [0, 0.05) is 32.5 Å². The van der Waals surface area contributed by atoms with Gasteiger partial charge < -0.3 is 14.6 Å². The van der Waals surface area contributed by atoms with Crippen LogP contribution in [0.2, 0.25) is 0 Å². The molecule has 1 aliphatic heterocycles. The Morgan fingerprint density at radius 2 is 2.08 bits per heavy atom. The largest absolute Gasteiger partial charge is 0.379 e. The number of morpholine rings is 1. The zero-order chi connectivity index (χ0) is 17.8. The summed E-state index contributed by atoms with van der Waals surface area (Å²) in [5, 5.41) is 3.20. The highest BCUT2D eigenvalue weighted by Gasteiger charge is 2.27. The first-order valence-corrected chi connectivity index (χ1v) is 8.72. The van der Waals surface area contributed by atoms with Gasteiger partial charge in [0.1, 0.15) is 11.9 Å². The van der Waals surface area contributed by atoms with E-state index in [-0.39, 0.29) is 18.0 Å². The van der Waals surface area contributed by atoms with Gasteiger partial charge in [-0.1, -0.05) is 29.8 Å². The molecule has 0 aliphatic carbocycles. The molecular weight excluding hydrogens is 316 g/mol. The molecule has 6 heteroatoms. The van der Waals surface area contributed by atoms with Crippen LogP contribution in [-0.4, -0.2) is 52.7 Å². The van der Waals surface area contributed by atoms with Crippen molar-refractivity contribution in [2.24, 2.45) is 7.05 Å². The maximum atomic E-state index is 12.9. The molecule has 1 aliphatic rings. The van der Waals surface area contributed by atoms with Crippen LogP contribution in [0, 0.1) is 6.92 Å². The lowest BCUT2D eigenvalue weighted by atomic mass is 10.0. The molecule has 6 nitrogen and oxygen atoms in total. The zero-order valence-corrected chi connectivity index (χ0v) is 15.1. The van der Waals surface area contributed by atoms with E-state index in [1.807, 2.05) is 36.9 Å². The van der Waals surface area contributed by atoms with Gasteiger partial charge in [0.15, 0.2) is 0 Å². The molecule has 25 heavy (non-hydrogen) atoms. The second-order valence-electron chi connectivity index (χ2n) is 6.58. The van der Waals surface area contributed by atoms with Gasteiger partial charge in [0.05, 0.1) is 19.3 Å². The average molecular weight is 342 g/mol. The van der Waals surface area contributed by atoms with Crippen molar-refractivity contribution in [3.05, 3.63) is 53.6 Å². The van der Waals surface area contributed by atoms with Crippen LogP contribution in [0.15, 0.2) is 36.7 Å². The summed E-state index contributed by atoms with van der Waals surface area (Å²) in [6.07, 6.45) is 3.66. The second kappa shape index (κ2) is 7.80. The molecule has 1 aromatic carbocycles. The molecule has 1 saturated heterocycles. The molecule has 3 rings (SSSR count). The lowest BCUT2D eigenvalue weighted by Crippen LogP contribution is -2.50. The van der Waals surface area contributed by atoms with Crippen molar-refractivity contribution in [1.82, 2.24) is 19.8 Å². The van der Waals surface area contributed by atoms with Crippen LogP contribution in [-0.2, 0) is 16.6 Å². The summed E-state index contributed by atoms with van der Waals surface area (Å²) in [6, 6.07) is 7.73. The Kier molecular flexibility index (Phi) is 5.50. The quantitative estimate of drug-likeness (QED) is 0.898. The van der Waals surface area contributed by atoms with E-state index < -0.39 is 0 Å². The number of nitrogens with one attached hydrogen (secondary N) is 1. The van der Waals surface area contributed by atoms with Crippen molar-refractivity contribution >= 4 is 5.91 Å². The summed E-state index contributed by atoms with van der Waals surface area (Å²) >= 11 is 0. The van der Waals surface area contributed by atoms with E-state index in [4.69, 9.17) is 4.74 Å². The highest BCUT2D eigenvalue weighted by molar-refractivity contribution is 5.82. The van der Waals surface area contributed by atoms with E-state index in [9.17, 15) is 4.79 Å². The number of benzene rings is 1. The van der Waals surface area contributed by atoms with Crippen molar-refractivity contribution in [2.75, 3.05) is 26.3 Å². The first kappa shape index (κ1) is 17.6. The van der Waals surface area contributed by atoms with E-state index in [2.05, 4.69) is 34.3 Å². The fourth-order valence-corrected chi connectivity index (χ4v) is 3.20. The lowest BCUT2D eigenvalue weighted by Gasteiger charge is -2.32. The van der Waals surface area contributed by atoms with Crippen LogP contribution in [0.1, 0.15) is 29.9 Å². The molecule has 1 amide bonds. The summed E-state index contributed by atoms with van der Waals surface area (Å²) in [5.41, 5.74) is 2.20. The molecule has 2 atom stereocenters. The highest BCUT2D eigenvalue weighted by atomic mass is 16.5. The molecule has 1 N–H and O–H groups in total. The van der Waals surface area contributed by atoms with Crippen LogP contribution in [0.3, 0.4) is 0 Å². The molecule has 0 radical (unpaired) electrons. The van der Waals surface area contributed by atoms with Gasteiger partial charge in [-0.2, -0.15) is 0 Å². The van der Waals surface area contributed by atoms with Crippen molar-refractivity contribution < 1.29 is 9.53 Å². The van der Waals surface area contributed by atoms with Crippen molar-refractivity contribution in [1.29, 1.82) is 0 Å². The molecule has 2 aromatic rings. The Morgan fingerprint density at radius 3 is 2.72 bits per heavy atom. The third-order valence-electron chi connectivity index (χ3n) is 4.75. The first-order valence-electron chi connectivity index (χ1n) is 8.72. The Hall–Kier alpha value is -2.18. The van der Waals surface area contributed by atoms with E-state index >= 15 is 0 Å². The van der Waals surface area contributed by atoms with Crippen LogP contribution in [0.4, 0.5) is 0 Å². The molecule has 0 spiro atoms. The Bertz CT molecular complexity index is 722. The number of carbonyl (C=O) groups is 1. The maximum Gasteiger partial charge on any atom is 0.237 e. The second-order valence-corrected chi connectivity index (χ2v) is 6.58. The average Bonchev–Trinajstić information content (AvgIpc) is 3.05. The smallest absolute Gasteiger partial charge is 0.237 e. The number of aromatic nitrogens is 2. The Labute approximate surface area is 148 Å². The summed E-state index contributed by atoms with van der Waals surface area (Å²) in [5.74, 6) is 0.838. The monoisotopic (exact) mass is 342 g/mol. The SMILES string of the molecule is Cc1cccc(C(NC(=O)C(C)N2CCOCC2)c2nccn2C)c1. The van der Waals surface area contributed by atoms with Crippen molar-refractivity contribution in [2.45, 2.75) is 25.9 Å². The minimum atomic E-state index is -0.268. The van der Waals surface area contributed by atoms with Gasteiger partial charge >= 0.3 is 0 Å². The minimum absolute atomic E-state index is 0.0106. The predicted molar refractivity (Wildman–Crippen MR) is 96.2 cm³/mol. The predicted octanol–water partition coefficient (Wildman–Crippen LogP) is 1.65. The van der Waals surface area contributed by atoms with E-state index in [1.165, 1.54) is 0 Å². The standard InChI is InChI=1S/C19H26N4O2/c1-14-5-4-6-16(13-14)17(18-20-7-8-22(18)3)21-19(24)15(2)23-9-11-25-12-10-23/h4-8,13,15,17H,9-12H2,1-3H3,(H,21,24). The van der Waals surface area contributed by atoms with E-state index in [0.717, 1.165) is 30.0 Å². The van der Waals surface area contributed by atoms with Crippen LogP contribution < -0.4 is 5.32 Å². The van der Waals surface area contributed by atoms with Crippen LogP contribution in [0.25, 0.3) is 0 Å². The molecule has 0 saturated carbocycles. The third-order valence-corrected chi connectivity index (χ3v) is 4.75. The summed E-state index contributed by atoms with van der Waals surface area (Å²) < 4.78 is 7.33. The minimum Gasteiger partial charge on any atom is -0.379 e. The molecule has 2 heterocycles. The lowest BCUT2D eigenvalue weighted by molar-refractivity contribution is -0.128. The number of carbonyl (C=O) groups excluding carboxylic acids is 1. The normalized spacial score (nSPS) is 17.9. The maximum absolute atomic E-state index is 12.9. The summed E-state index contributed by atoms with van der Waals surface area (Å²) in [7, 11) is 1.95. The number of imidazole rings is 1. The van der Waals surface area contributed by atoms with Gasteiger partial charge in [0.2, 0.25) is 5.91 Å². The Morgan fingerprint density at radius 1 is 1.32 bits per heavy atom. The fraction of sp³-hybridized carbons (Fsp3) is 0.474. The topological polar surface area (TPSA) is 59.4 Å². The van der Waals surface area contributed by atoms with E-state index in [0.29, 0.717) is 13.2 Å². The molecule has 0 bridgehead atoms. The molecule has 134 valence electrons.